The first-order valence-electron chi connectivity index (χ1n) is 7.37. The van der Waals surface area contributed by atoms with Gasteiger partial charge >= 0.3 is 6.09 Å². The number of alkyl halides is 1. The first kappa shape index (κ1) is 17.5. The van der Waals surface area contributed by atoms with Crippen LogP contribution in [0.15, 0.2) is 4.99 Å². The molecule has 0 aromatic rings. The van der Waals surface area contributed by atoms with Gasteiger partial charge in [-0.05, 0) is 33.6 Å². The van der Waals surface area contributed by atoms with Gasteiger partial charge < -0.3 is 20.3 Å². The van der Waals surface area contributed by atoms with Gasteiger partial charge in [-0.25, -0.2) is 4.79 Å². The molecule has 0 aliphatic carbocycles. The highest BCUT2D eigenvalue weighted by molar-refractivity contribution is 5.80. The van der Waals surface area contributed by atoms with E-state index in [4.69, 9.17) is 4.74 Å². The quantitative estimate of drug-likeness (QED) is 0.469. The van der Waals surface area contributed by atoms with Crippen molar-refractivity contribution < 1.29 is 13.9 Å². The van der Waals surface area contributed by atoms with Gasteiger partial charge in [-0.3, -0.25) is 9.38 Å². The Morgan fingerprint density at radius 1 is 1.48 bits per heavy atom. The summed E-state index contributed by atoms with van der Waals surface area (Å²) in [6.45, 7) is 7.21. The zero-order valence-electron chi connectivity index (χ0n) is 13.4. The van der Waals surface area contributed by atoms with E-state index in [1.54, 1.807) is 7.05 Å². The van der Waals surface area contributed by atoms with Gasteiger partial charge in [0.15, 0.2) is 5.96 Å². The number of hydrogen-bond acceptors (Lipinski definition) is 3. The molecule has 1 amide bonds. The van der Waals surface area contributed by atoms with Crippen LogP contribution >= 0.6 is 0 Å². The minimum Gasteiger partial charge on any atom is -0.444 e. The number of halogens is 1. The standard InChI is InChI=1S/C14H27FN4O2/c1-14(2,3)21-13(20)18-11-6-9-19(10-11)12(16-4)17-8-5-7-15/h11H,5-10H2,1-4H3,(H,16,17)(H,18,20)/t11-/m1/s1. The Kier molecular flexibility index (Phi) is 6.71. The van der Waals surface area contributed by atoms with Gasteiger partial charge in [-0.1, -0.05) is 0 Å². The van der Waals surface area contributed by atoms with Crippen LogP contribution in [-0.2, 0) is 4.74 Å². The van der Waals surface area contributed by atoms with Gasteiger partial charge in [-0.2, -0.15) is 0 Å². The van der Waals surface area contributed by atoms with E-state index in [1.807, 2.05) is 20.8 Å². The average Bonchev–Trinajstić information content (AvgIpc) is 2.80. The zero-order valence-corrected chi connectivity index (χ0v) is 13.4. The first-order chi connectivity index (χ1) is 9.85. The highest BCUT2D eigenvalue weighted by atomic mass is 19.1. The van der Waals surface area contributed by atoms with Crippen molar-refractivity contribution in [1.82, 2.24) is 15.5 Å². The second kappa shape index (κ2) is 8.05. The van der Waals surface area contributed by atoms with Crippen LogP contribution in [0.25, 0.3) is 0 Å². The number of nitrogens with one attached hydrogen (secondary N) is 2. The van der Waals surface area contributed by atoms with Crippen LogP contribution in [-0.4, -0.2) is 62.0 Å². The Bertz CT molecular complexity index is 368. The highest BCUT2D eigenvalue weighted by Gasteiger charge is 2.27. The normalized spacial score (nSPS) is 19.6. The third-order valence-corrected chi connectivity index (χ3v) is 3.01. The van der Waals surface area contributed by atoms with Crippen LogP contribution in [0.5, 0.6) is 0 Å². The van der Waals surface area contributed by atoms with Crippen molar-refractivity contribution in [3.8, 4) is 0 Å². The Balaban J connectivity index is 2.39. The molecular weight excluding hydrogens is 275 g/mol. The smallest absolute Gasteiger partial charge is 0.407 e. The molecule has 122 valence electrons. The minimum absolute atomic E-state index is 0.0413. The number of amides is 1. The fourth-order valence-electron chi connectivity index (χ4n) is 2.14. The summed E-state index contributed by atoms with van der Waals surface area (Å²) in [5.41, 5.74) is -0.494. The molecule has 7 heteroatoms. The Labute approximate surface area is 126 Å². The van der Waals surface area contributed by atoms with Gasteiger partial charge in [0.25, 0.3) is 0 Å². The number of carbonyl (C=O) groups excluding carboxylic acids is 1. The Morgan fingerprint density at radius 2 is 2.19 bits per heavy atom. The number of rotatable bonds is 4. The van der Waals surface area contributed by atoms with Crippen LogP contribution in [0.3, 0.4) is 0 Å². The number of alkyl carbamates (subject to hydrolysis) is 1. The number of carbonyl (C=O) groups is 1. The predicted octanol–water partition coefficient (Wildman–Crippen LogP) is 1.52. The topological polar surface area (TPSA) is 66.0 Å². The molecule has 1 saturated heterocycles. The lowest BCUT2D eigenvalue weighted by molar-refractivity contribution is 0.0507. The SMILES string of the molecule is CN=C(NCCCF)N1CC[C@@H](NC(=O)OC(C)(C)C)C1. The molecule has 1 aliphatic heterocycles. The Morgan fingerprint density at radius 3 is 2.76 bits per heavy atom. The number of nitrogens with zero attached hydrogens (tertiary/aromatic N) is 2. The lowest BCUT2D eigenvalue weighted by Gasteiger charge is -2.23. The van der Waals surface area contributed by atoms with E-state index in [1.165, 1.54) is 0 Å². The highest BCUT2D eigenvalue weighted by Crippen LogP contribution is 2.11. The van der Waals surface area contributed by atoms with Gasteiger partial charge in [-0.15, -0.1) is 0 Å². The van der Waals surface area contributed by atoms with Crippen molar-refractivity contribution in [3.05, 3.63) is 0 Å². The van der Waals surface area contributed by atoms with Crippen LogP contribution < -0.4 is 10.6 Å². The summed E-state index contributed by atoms with van der Waals surface area (Å²) >= 11 is 0. The summed E-state index contributed by atoms with van der Waals surface area (Å²) in [6, 6.07) is 0.0413. The van der Waals surface area contributed by atoms with Gasteiger partial charge in [0, 0.05) is 26.7 Å². The molecule has 0 aromatic carbocycles. The van der Waals surface area contributed by atoms with Crippen LogP contribution in [0, 0.1) is 0 Å². The van der Waals surface area contributed by atoms with E-state index in [0.29, 0.717) is 19.5 Å². The first-order valence-corrected chi connectivity index (χ1v) is 7.37. The lowest BCUT2D eigenvalue weighted by atomic mass is 10.2. The third-order valence-electron chi connectivity index (χ3n) is 3.01. The van der Waals surface area contributed by atoms with Crippen molar-refractivity contribution in [2.45, 2.75) is 45.3 Å². The summed E-state index contributed by atoms with van der Waals surface area (Å²) in [4.78, 5) is 18.0. The van der Waals surface area contributed by atoms with E-state index in [0.717, 1.165) is 18.9 Å². The molecule has 1 aliphatic rings. The monoisotopic (exact) mass is 302 g/mol. The van der Waals surface area contributed by atoms with Gasteiger partial charge in [0.05, 0.1) is 12.7 Å². The molecule has 0 saturated carbocycles. The summed E-state index contributed by atoms with van der Waals surface area (Å²) in [5.74, 6) is 0.747. The fourth-order valence-corrected chi connectivity index (χ4v) is 2.14. The largest absolute Gasteiger partial charge is 0.444 e. The van der Waals surface area contributed by atoms with E-state index in [2.05, 4.69) is 20.5 Å². The van der Waals surface area contributed by atoms with Crippen molar-refractivity contribution in [2.75, 3.05) is 33.4 Å². The second-order valence-corrected chi connectivity index (χ2v) is 6.09. The van der Waals surface area contributed by atoms with Crippen molar-refractivity contribution >= 4 is 12.1 Å². The van der Waals surface area contributed by atoms with Crippen LogP contribution in [0.4, 0.5) is 9.18 Å². The molecule has 6 nitrogen and oxygen atoms in total. The van der Waals surface area contributed by atoms with Gasteiger partial charge in [0.1, 0.15) is 5.60 Å². The van der Waals surface area contributed by atoms with Crippen molar-refractivity contribution in [3.63, 3.8) is 0 Å². The molecule has 0 radical (unpaired) electrons. The predicted molar refractivity (Wildman–Crippen MR) is 81.3 cm³/mol. The number of aliphatic imine (C=N–C) groups is 1. The minimum atomic E-state index is -0.494. The fraction of sp³-hybridized carbons (Fsp3) is 0.857. The van der Waals surface area contributed by atoms with Crippen LogP contribution in [0.2, 0.25) is 0 Å². The molecule has 0 unspecified atom stereocenters. The molecule has 21 heavy (non-hydrogen) atoms. The van der Waals surface area contributed by atoms with E-state index in [9.17, 15) is 9.18 Å². The molecule has 2 N–H and O–H groups in total. The van der Waals surface area contributed by atoms with E-state index < -0.39 is 11.7 Å². The van der Waals surface area contributed by atoms with Crippen LogP contribution in [0.1, 0.15) is 33.6 Å². The van der Waals surface area contributed by atoms with Crippen molar-refractivity contribution in [2.24, 2.45) is 4.99 Å². The maximum Gasteiger partial charge on any atom is 0.407 e. The lowest BCUT2D eigenvalue weighted by Crippen LogP contribution is -2.44. The molecule has 1 rings (SSSR count). The number of likely N-dealkylation sites (tertiary alicyclic amines) is 1. The van der Waals surface area contributed by atoms with Crippen molar-refractivity contribution in [1.29, 1.82) is 0 Å². The summed E-state index contributed by atoms with van der Waals surface area (Å²) in [5, 5.41) is 5.98. The third kappa shape index (κ3) is 6.64. The zero-order chi connectivity index (χ0) is 15.9. The molecule has 1 fully saturated rings. The molecule has 0 aromatic heterocycles. The Hall–Kier alpha value is -1.53. The molecule has 1 heterocycles. The molecular formula is C14H27FN4O2. The molecule has 0 bridgehead atoms. The summed E-state index contributed by atoms with van der Waals surface area (Å²) < 4.78 is 17.4. The molecule has 1 atom stereocenters. The maximum atomic E-state index is 12.1. The molecule has 0 spiro atoms. The number of guanidine groups is 1. The van der Waals surface area contributed by atoms with E-state index in [-0.39, 0.29) is 12.7 Å². The van der Waals surface area contributed by atoms with E-state index >= 15 is 0 Å². The maximum absolute atomic E-state index is 12.1. The number of ether oxygens (including phenoxy) is 1. The average molecular weight is 302 g/mol. The summed E-state index contributed by atoms with van der Waals surface area (Å²) in [7, 11) is 1.70. The van der Waals surface area contributed by atoms with Gasteiger partial charge in [0.2, 0.25) is 0 Å². The second-order valence-electron chi connectivity index (χ2n) is 6.09. The summed E-state index contributed by atoms with van der Waals surface area (Å²) in [6.07, 6.45) is 0.907. The number of hydrogen-bond donors (Lipinski definition) is 2.